The third-order valence-corrected chi connectivity index (χ3v) is 5.77. The van der Waals surface area contributed by atoms with E-state index in [9.17, 15) is 9.59 Å². The number of hydrogen-bond acceptors (Lipinski definition) is 5. The number of carbonyl (C=O) groups is 2. The van der Waals surface area contributed by atoms with Crippen LogP contribution >= 0.6 is 0 Å². The molecule has 0 spiro atoms. The van der Waals surface area contributed by atoms with Crippen LogP contribution in [0.15, 0.2) is 24.3 Å². The molecule has 159 valence electrons. The maximum Gasteiger partial charge on any atom is 0.226 e. The van der Waals surface area contributed by atoms with Crippen molar-refractivity contribution in [2.75, 3.05) is 32.7 Å². The average molecular weight is 402 g/mol. The number of hydrogen-bond donors (Lipinski definition) is 3. The summed E-state index contributed by atoms with van der Waals surface area (Å²) in [6.45, 7) is 6.05. The van der Waals surface area contributed by atoms with E-state index in [2.05, 4.69) is 22.8 Å². The van der Waals surface area contributed by atoms with Crippen molar-refractivity contribution in [1.82, 2.24) is 15.5 Å². The Morgan fingerprint density at radius 2 is 1.93 bits per heavy atom. The summed E-state index contributed by atoms with van der Waals surface area (Å²) in [5, 5.41) is 6.63. The van der Waals surface area contributed by atoms with Gasteiger partial charge in [-0.15, -0.1) is 0 Å². The van der Waals surface area contributed by atoms with Gasteiger partial charge in [-0.2, -0.15) is 0 Å². The Hall–Kier alpha value is -2.12. The van der Waals surface area contributed by atoms with Gasteiger partial charge < -0.3 is 26.0 Å². The van der Waals surface area contributed by atoms with E-state index in [4.69, 9.17) is 10.5 Å². The zero-order valence-electron chi connectivity index (χ0n) is 17.2. The molecule has 4 N–H and O–H groups in total. The Balaban J connectivity index is 1.53. The topological polar surface area (TPSA) is 96.7 Å². The van der Waals surface area contributed by atoms with E-state index in [-0.39, 0.29) is 29.9 Å². The predicted octanol–water partition coefficient (Wildman–Crippen LogP) is 0.876. The third kappa shape index (κ3) is 6.44. The monoisotopic (exact) mass is 401 g/mol. The van der Waals surface area contributed by atoms with Crippen LogP contribution in [0.3, 0.4) is 0 Å². The maximum atomic E-state index is 12.8. The predicted molar refractivity (Wildman–Crippen MR) is 112 cm³/mol. The molecule has 0 bridgehead atoms. The smallest absolute Gasteiger partial charge is 0.226 e. The first-order valence-electron chi connectivity index (χ1n) is 10.6. The minimum Gasteiger partial charge on any atom is -0.489 e. The Morgan fingerprint density at radius 3 is 2.55 bits per heavy atom. The van der Waals surface area contributed by atoms with Gasteiger partial charge in [0, 0.05) is 31.6 Å². The van der Waals surface area contributed by atoms with Gasteiger partial charge in [0.1, 0.15) is 11.9 Å². The Labute approximate surface area is 173 Å². The second-order valence-corrected chi connectivity index (χ2v) is 8.05. The zero-order chi connectivity index (χ0) is 20.6. The molecular formula is C22H33N4O3. The first-order valence-corrected chi connectivity index (χ1v) is 10.6. The lowest BCUT2D eigenvalue weighted by molar-refractivity contribution is -0.129. The minimum atomic E-state index is -0.376. The van der Waals surface area contributed by atoms with Crippen LogP contribution in [0.5, 0.6) is 5.75 Å². The molecule has 2 amide bonds. The van der Waals surface area contributed by atoms with E-state index < -0.39 is 0 Å². The van der Waals surface area contributed by atoms with E-state index >= 15 is 0 Å². The summed E-state index contributed by atoms with van der Waals surface area (Å²) in [6.07, 6.45) is 5.02. The fourth-order valence-corrected chi connectivity index (χ4v) is 3.79. The molecule has 3 rings (SSSR count). The van der Waals surface area contributed by atoms with Crippen molar-refractivity contribution >= 4 is 11.8 Å². The third-order valence-electron chi connectivity index (χ3n) is 5.77. The molecule has 7 nitrogen and oxygen atoms in total. The fraction of sp³-hybridized carbons (Fsp3) is 0.591. The van der Waals surface area contributed by atoms with Gasteiger partial charge in [-0.05, 0) is 56.5 Å². The van der Waals surface area contributed by atoms with Crippen molar-refractivity contribution in [3.63, 3.8) is 0 Å². The molecule has 2 aliphatic rings. The maximum absolute atomic E-state index is 12.8. The summed E-state index contributed by atoms with van der Waals surface area (Å²) in [5.41, 5.74) is 6.49. The lowest BCUT2D eigenvalue weighted by Crippen LogP contribution is -2.43. The normalized spacial score (nSPS) is 22.4. The second kappa shape index (κ2) is 10.6. The average Bonchev–Trinajstić information content (AvgIpc) is 3.42. The Kier molecular flexibility index (Phi) is 7.89. The van der Waals surface area contributed by atoms with E-state index in [1.165, 1.54) is 5.56 Å². The van der Waals surface area contributed by atoms with Crippen LogP contribution in [-0.2, 0) is 16.0 Å². The highest BCUT2D eigenvalue weighted by molar-refractivity contribution is 5.86. The van der Waals surface area contributed by atoms with Crippen molar-refractivity contribution in [3.05, 3.63) is 36.2 Å². The second-order valence-electron chi connectivity index (χ2n) is 8.05. The molecule has 0 aromatic heterocycles. The van der Waals surface area contributed by atoms with Crippen molar-refractivity contribution in [3.8, 4) is 5.75 Å². The lowest BCUT2D eigenvalue weighted by atomic mass is 10.0. The SMILES string of the molecule is C[C@@H](C[CH]C(=O)N(CCc1ccc(O[C@H]2CCNC2)cc1)[C@H]1CCNC1)C(N)=O. The summed E-state index contributed by atoms with van der Waals surface area (Å²) in [6, 6.07) is 8.37. The number of rotatable bonds is 10. The number of carbonyl (C=O) groups excluding carboxylic acids is 2. The molecule has 2 fully saturated rings. The van der Waals surface area contributed by atoms with Gasteiger partial charge >= 0.3 is 0 Å². The number of nitrogens with zero attached hydrogens (tertiary/aromatic N) is 1. The molecule has 2 saturated heterocycles. The van der Waals surface area contributed by atoms with Crippen LogP contribution in [0, 0.1) is 12.3 Å². The first-order chi connectivity index (χ1) is 14.0. The zero-order valence-corrected chi connectivity index (χ0v) is 17.2. The van der Waals surface area contributed by atoms with E-state index in [0.29, 0.717) is 13.0 Å². The Bertz CT molecular complexity index is 667. The van der Waals surface area contributed by atoms with Crippen molar-refractivity contribution in [2.45, 2.75) is 44.8 Å². The van der Waals surface area contributed by atoms with Gasteiger partial charge in [0.15, 0.2) is 0 Å². The molecule has 7 heteroatoms. The number of primary amides is 1. The van der Waals surface area contributed by atoms with Gasteiger partial charge in [0.05, 0.1) is 6.42 Å². The molecule has 2 heterocycles. The van der Waals surface area contributed by atoms with Gasteiger partial charge in [0.25, 0.3) is 0 Å². The number of benzene rings is 1. The van der Waals surface area contributed by atoms with Crippen LogP contribution in [0.4, 0.5) is 0 Å². The van der Waals surface area contributed by atoms with Crippen LogP contribution in [0.2, 0.25) is 0 Å². The molecule has 29 heavy (non-hydrogen) atoms. The van der Waals surface area contributed by atoms with Crippen molar-refractivity contribution in [2.24, 2.45) is 11.7 Å². The summed E-state index contributed by atoms with van der Waals surface area (Å²) in [5.74, 6) is 0.175. The van der Waals surface area contributed by atoms with E-state index in [0.717, 1.165) is 51.2 Å². The molecule has 0 unspecified atom stereocenters. The van der Waals surface area contributed by atoms with Crippen LogP contribution in [0.25, 0.3) is 0 Å². The molecule has 2 aliphatic heterocycles. The molecule has 3 atom stereocenters. The number of amides is 2. The highest BCUT2D eigenvalue weighted by Crippen LogP contribution is 2.18. The number of ether oxygens (including phenoxy) is 1. The highest BCUT2D eigenvalue weighted by atomic mass is 16.5. The van der Waals surface area contributed by atoms with E-state index in [1.54, 1.807) is 13.3 Å². The van der Waals surface area contributed by atoms with Crippen LogP contribution in [0.1, 0.15) is 31.7 Å². The molecule has 1 radical (unpaired) electrons. The fourth-order valence-electron chi connectivity index (χ4n) is 3.79. The van der Waals surface area contributed by atoms with Gasteiger partial charge in [0.2, 0.25) is 11.8 Å². The molecule has 1 aromatic rings. The summed E-state index contributed by atoms with van der Waals surface area (Å²) in [7, 11) is 0. The first kappa shape index (κ1) is 21.6. The highest BCUT2D eigenvalue weighted by Gasteiger charge is 2.27. The van der Waals surface area contributed by atoms with E-state index in [1.807, 2.05) is 17.0 Å². The minimum absolute atomic E-state index is 0.0134. The lowest BCUT2D eigenvalue weighted by Gasteiger charge is -2.29. The Morgan fingerprint density at radius 1 is 1.21 bits per heavy atom. The van der Waals surface area contributed by atoms with Crippen molar-refractivity contribution in [1.29, 1.82) is 0 Å². The van der Waals surface area contributed by atoms with Gasteiger partial charge in [-0.25, -0.2) is 0 Å². The number of nitrogens with one attached hydrogen (secondary N) is 2. The largest absolute Gasteiger partial charge is 0.489 e. The van der Waals surface area contributed by atoms with Gasteiger partial charge in [-0.1, -0.05) is 19.1 Å². The summed E-state index contributed by atoms with van der Waals surface area (Å²) in [4.78, 5) is 26.0. The molecule has 1 aromatic carbocycles. The molecule has 0 saturated carbocycles. The van der Waals surface area contributed by atoms with Crippen LogP contribution in [-0.4, -0.2) is 61.6 Å². The van der Waals surface area contributed by atoms with Crippen LogP contribution < -0.4 is 21.1 Å². The van der Waals surface area contributed by atoms with Crippen molar-refractivity contribution < 1.29 is 14.3 Å². The number of nitrogens with two attached hydrogens (primary N) is 1. The summed E-state index contributed by atoms with van der Waals surface area (Å²) >= 11 is 0. The molecular weight excluding hydrogens is 368 g/mol. The standard InChI is InChI=1S/C22H33N4O3/c1-16(22(23)28)2-7-21(27)26(18-8-11-24-14-18)13-10-17-3-5-19(6-4-17)29-20-9-12-25-15-20/h3-7,16,18,20,24-25H,2,8-15H2,1H3,(H2,23,28)/t16-,18-,20-/m0/s1. The quantitative estimate of drug-likeness (QED) is 0.541. The molecule has 0 aliphatic carbocycles. The van der Waals surface area contributed by atoms with Gasteiger partial charge in [-0.3, -0.25) is 9.59 Å². The summed E-state index contributed by atoms with van der Waals surface area (Å²) < 4.78 is 5.97.